The van der Waals surface area contributed by atoms with Crippen LogP contribution in [-0.4, -0.2) is 38.0 Å². The lowest BCUT2D eigenvalue weighted by molar-refractivity contribution is 0.141. The minimum Gasteiger partial charge on any atom is -0.389 e. The van der Waals surface area contributed by atoms with Gasteiger partial charge in [-0.1, -0.05) is 42.5 Å². The Morgan fingerprint density at radius 1 is 1.04 bits per heavy atom. The molecule has 0 bridgehead atoms. The lowest BCUT2D eigenvalue weighted by Gasteiger charge is -2.34. The van der Waals surface area contributed by atoms with Gasteiger partial charge in [-0.25, -0.2) is 0 Å². The summed E-state index contributed by atoms with van der Waals surface area (Å²) in [4.78, 5) is 4.66. The molecule has 4 heteroatoms. The first kappa shape index (κ1) is 15.8. The summed E-state index contributed by atoms with van der Waals surface area (Å²) in [6, 6.07) is 18.7. The molecule has 1 aliphatic heterocycles. The number of benzene rings is 2. The van der Waals surface area contributed by atoms with E-state index in [0.29, 0.717) is 6.54 Å². The van der Waals surface area contributed by atoms with E-state index < -0.39 is 6.10 Å². The second kappa shape index (κ2) is 7.02. The Balaban J connectivity index is 2.01. The van der Waals surface area contributed by atoms with Crippen LogP contribution in [0.25, 0.3) is 0 Å². The normalized spacial score (nSPS) is 16.3. The molecular weight excluding hydrogens is 286 g/mol. The van der Waals surface area contributed by atoms with E-state index in [1.807, 2.05) is 25.2 Å². The van der Waals surface area contributed by atoms with Crippen molar-refractivity contribution >= 4 is 11.4 Å². The Kier molecular flexibility index (Phi) is 4.84. The number of para-hydroxylation sites is 2. The summed E-state index contributed by atoms with van der Waals surface area (Å²) in [5.74, 6) is 0. The van der Waals surface area contributed by atoms with Gasteiger partial charge >= 0.3 is 0 Å². The molecule has 2 atom stereocenters. The number of nitrogens with one attached hydrogen (secondary N) is 1. The van der Waals surface area contributed by atoms with Gasteiger partial charge < -0.3 is 20.2 Å². The van der Waals surface area contributed by atoms with Crippen molar-refractivity contribution in [2.75, 3.05) is 36.6 Å². The predicted octanol–water partition coefficient (Wildman–Crippen LogP) is 2.61. The number of rotatable bonds is 6. The molecule has 0 radical (unpaired) electrons. The summed E-state index contributed by atoms with van der Waals surface area (Å²) in [6.45, 7) is 4.49. The minimum absolute atomic E-state index is 0.0682. The molecule has 1 heterocycles. The maximum Gasteiger partial charge on any atom is 0.0911 e. The van der Waals surface area contributed by atoms with Crippen LogP contribution in [0.1, 0.15) is 18.5 Å². The minimum atomic E-state index is -0.479. The number of aliphatic hydroxyl groups excluding tert-OH is 1. The maximum absolute atomic E-state index is 10.8. The number of nitrogens with zero attached hydrogens (tertiary/aromatic N) is 2. The third kappa shape index (κ3) is 3.05. The number of hydrogen-bond acceptors (Lipinski definition) is 4. The van der Waals surface area contributed by atoms with E-state index in [9.17, 15) is 5.11 Å². The standard InChI is InChI=1S/C19H25N3O/c1-3-21-14-22(17-12-8-7-11-16(17)21)19(18(23)13-20-2)15-9-5-4-6-10-15/h4-12,18-20,23H,3,13-14H2,1-2H3. The molecule has 0 spiro atoms. The molecule has 1 aliphatic rings. The quantitative estimate of drug-likeness (QED) is 0.860. The summed E-state index contributed by atoms with van der Waals surface area (Å²) in [6.07, 6.45) is -0.479. The molecule has 23 heavy (non-hydrogen) atoms. The lowest BCUT2D eigenvalue weighted by atomic mass is 9.99. The highest BCUT2D eigenvalue weighted by Crippen LogP contribution is 2.41. The van der Waals surface area contributed by atoms with Crippen molar-refractivity contribution in [3.05, 3.63) is 60.2 Å². The van der Waals surface area contributed by atoms with Crippen LogP contribution in [0.15, 0.2) is 54.6 Å². The second-order valence-electron chi connectivity index (χ2n) is 5.94. The zero-order valence-corrected chi connectivity index (χ0v) is 13.8. The molecule has 2 aromatic rings. The van der Waals surface area contributed by atoms with E-state index in [0.717, 1.165) is 18.8 Å². The van der Waals surface area contributed by atoms with E-state index >= 15 is 0 Å². The van der Waals surface area contributed by atoms with Gasteiger partial charge in [0.1, 0.15) is 0 Å². The molecule has 0 aromatic heterocycles. The third-order valence-corrected chi connectivity index (χ3v) is 4.49. The number of hydrogen-bond donors (Lipinski definition) is 2. The average molecular weight is 311 g/mol. The van der Waals surface area contributed by atoms with Gasteiger partial charge in [-0.05, 0) is 31.7 Å². The fourth-order valence-electron chi connectivity index (χ4n) is 3.40. The molecule has 0 aliphatic carbocycles. The Hall–Kier alpha value is -2.04. The van der Waals surface area contributed by atoms with Crippen molar-refractivity contribution < 1.29 is 5.11 Å². The van der Waals surface area contributed by atoms with Crippen molar-refractivity contribution in [1.82, 2.24) is 5.32 Å². The topological polar surface area (TPSA) is 38.7 Å². The van der Waals surface area contributed by atoms with Gasteiger partial charge in [0.05, 0.1) is 30.2 Å². The summed E-state index contributed by atoms with van der Waals surface area (Å²) >= 11 is 0. The van der Waals surface area contributed by atoms with Crippen LogP contribution in [0.2, 0.25) is 0 Å². The van der Waals surface area contributed by atoms with Gasteiger partial charge in [0.25, 0.3) is 0 Å². The van der Waals surface area contributed by atoms with E-state index in [1.54, 1.807) is 0 Å². The predicted molar refractivity (Wildman–Crippen MR) is 95.9 cm³/mol. The van der Waals surface area contributed by atoms with Crippen molar-refractivity contribution in [3.8, 4) is 0 Å². The van der Waals surface area contributed by atoms with Crippen LogP contribution in [0.4, 0.5) is 11.4 Å². The van der Waals surface area contributed by atoms with E-state index in [2.05, 4.69) is 58.4 Å². The monoisotopic (exact) mass is 311 g/mol. The van der Waals surface area contributed by atoms with Gasteiger partial charge in [-0.3, -0.25) is 0 Å². The Bertz CT molecular complexity index is 632. The number of aliphatic hydroxyl groups is 1. The summed E-state index contributed by atoms with van der Waals surface area (Å²) in [7, 11) is 1.88. The Morgan fingerprint density at radius 3 is 2.35 bits per heavy atom. The molecule has 3 rings (SSSR count). The first-order chi connectivity index (χ1) is 11.3. The molecule has 2 unspecified atom stereocenters. The van der Waals surface area contributed by atoms with Gasteiger partial charge in [-0.2, -0.15) is 0 Å². The van der Waals surface area contributed by atoms with E-state index in [4.69, 9.17) is 0 Å². The highest BCUT2D eigenvalue weighted by molar-refractivity contribution is 5.76. The zero-order valence-electron chi connectivity index (χ0n) is 13.8. The molecule has 4 nitrogen and oxygen atoms in total. The molecule has 122 valence electrons. The van der Waals surface area contributed by atoms with Crippen molar-refractivity contribution in [2.24, 2.45) is 0 Å². The van der Waals surface area contributed by atoms with Crippen LogP contribution >= 0.6 is 0 Å². The molecule has 2 N–H and O–H groups in total. The number of fused-ring (bicyclic) bond motifs is 1. The molecule has 0 saturated heterocycles. The zero-order chi connectivity index (χ0) is 16.2. The lowest BCUT2D eigenvalue weighted by Crippen LogP contribution is -2.42. The maximum atomic E-state index is 10.8. The van der Waals surface area contributed by atoms with Gasteiger partial charge in [0.15, 0.2) is 0 Å². The molecule has 0 amide bonds. The highest BCUT2D eigenvalue weighted by Gasteiger charge is 2.34. The van der Waals surface area contributed by atoms with Crippen LogP contribution in [0.5, 0.6) is 0 Å². The fourth-order valence-corrected chi connectivity index (χ4v) is 3.40. The van der Waals surface area contributed by atoms with E-state index in [1.165, 1.54) is 11.4 Å². The first-order valence-electron chi connectivity index (χ1n) is 8.24. The summed E-state index contributed by atoms with van der Waals surface area (Å²) in [5.41, 5.74) is 3.58. The largest absolute Gasteiger partial charge is 0.389 e. The van der Waals surface area contributed by atoms with Crippen molar-refractivity contribution in [1.29, 1.82) is 0 Å². The van der Waals surface area contributed by atoms with Crippen LogP contribution in [-0.2, 0) is 0 Å². The Morgan fingerprint density at radius 2 is 1.70 bits per heavy atom. The molecule has 2 aromatic carbocycles. The molecular formula is C19H25N3O. The summed E-state index contributed by atoms with van der Waals surface area (Å²) < 4.78 is 0. The second-order valence-corrected chi connectivity index (χ2v) is 5.94. The van der Waals surface area contributed by atoms with Gasteiger partial charge in [0, 0.05) is 13.1 Å². The SMILES string of the molecule is CCN1CN(C(c2ccccc2)C(O)CNC)c2ccccc21. The van der Waals surface area contributed by atoms with Crippen LogP contribution in [0, 0.1) is 0 Å². The molecule has 0 saturated carbocycles. The average Bonchev–Trinajstić information content (AvgIpc) is 2.95. The van der Waals surface area contributed by atoms with Gasteiger partial charge in [-0.15, -0.1) is 0 Å². The highest BCUT2D eigenvalue weighted by atomic mass is 16.3. The Labute approximate surface area is 138 Å². The smallest absolute Gasteiger partial charge is 0.0911 e. The summed E-state index contributed by atoms with van der Waals surface area (Å²) in [5, 5.41) is 13.9. The van der Waals surface area contributed by atoms with Crippen molar-refractivity contribution in [3.63, 3.8) is 0 Å². The van der Waals surface area contributed by atoms with Crippen LogP contribution in [0.3, 0.4) is 0 Å². The molecule has 0 fully saturated rings. The van der Waals surface area contributed by atoms with Gasteiger partial charge in [0.2, 0.25) is 0 Å². The number of likely N-dealkylation sites (N-methyl/N-ethyl adjacent to an activating group) is 1. The van der Waals surface area contributed by atoms with Crippen molar-refractivity contribution in [2.45, 2.75) is 19.1 Å². The first-order valence-corrected chi connectivity index (χ1v) is 8.24. The fraction of sp³-hybridized carbons (Fsp3) is 0.368. The number of anilines is 2. The van der Waals surface area contributed by atoms with Crippen LogP contribution < -0.4 is 15.1 Å². The van der Waals surface area contributed by atoms with E-state index in [-0.39, 0.29) is 6.04 Å². The third-order valence-electron chi connectivity index (χ3n) is 4.49.